The van der Waals surface area contributed by atoms with Crippen LogP contribution in [0.3, 0.4) is 0 Å². The molecule has 1 rings (SSSR count). The lowest BCUT2D eigenvalue weighted by Crippen LogP contribution is -2.20. The number of nitrogens with zero attached hydrogens (tertiary/aromatic N) is 1. The van der Waals surface area contributed by atoms with Crippen molar-refractivity contribution in [3.05, 3.63) is 28.6 Å². The zero-order chi connectivity index (χ0) is 9.68. The van der Waals surface area contributed by atoms with Crippen LogP contribution in [0, 0.1) is 0 Å². The van der Waals surface area contributed by atoms with Crippen molar-refractivity contribution in [3.8, 4) is 0 Å². The summed E-state index contributed by atoms with van der Waals surface area (Å²) in [5.41, 5.74) is -0.0117. The van der Waals surface area contributed by atoms with Gasteiger partial charge < -0.3 is 10.1 Å². The van der Waals surface area contributed by atoms with Crippen molar-refractivity contribution < 1.29 is 4.74 Å². The summed E-state index contributed by atoms with van der Waals surface area (Å²) in [4.78, 5) is 11.2. The van der Waals surface area contributed by atoms with Crippen LogP contribution in [0.15, 0.2) is 23.0 Å². The highest BCUT2D eigenvalue weighted by Crippen LogP contribution is 1.99. The summed E-state index contributed by atoms with van der Waals surface area (Å²) in [6.45, 7) is 1.33. The van der Waals surface area contributed by atoms with Crippen LogP contribution in [0.5, 0.6) is 0 Å². The Morgan fingerprint density at radius 2 is 2.31 bits per heavy atom. The molecule has 0 aliphatic carbocycles. The minimum absolute atomic E-state index is 0.0117. The third kappa shape index (κ3) is 2.59. The third-order valence-electron chi connectivity index (χ3n) is 1.80. The summed E-state index contributed by atoms with van der Waals surface area (Å²) in [6.07, 6.45) is 0. The molecule has 72 valence electrons. The number of nitrogens with one attached hydrogen (secondary N) is 1. The number of ether oxygens (including phenoxy) is 1. The first kappa shape index (κ1) is 9.80. The molecule has 1 heterocycles. The van der Waals surface area contributed by atoms with E-state index in [9.17, 15) is 4.79 Å². The monoisotopic (exact) mass is 182 g/mol. The first-order valence-corrected chi connectivity index (χ1v) is 4.14. The number of anilines is 1. The summed E-state index contributed by atoms with van der Waals surface area (Å²) < 4.78 is 6.45. The van der Waals surface area contributed by atoms with E-state index < -0.39 is 0 Å². The molecule has 1 N–H and O–H groups in total. The minimum atomic E-state index is -0.0117. The van der Waals surface area contributed by atoms with E-state index in [1.807, 2.05) is 6.07 Å². The Hall–Kier alpha value is -1.29. The van der Waals surface area contributed by atoms with Gasteiger partial charge in [-0.25, -0.2) is 0 Å². The van der Waals surface area contributed by atoms with Gasteiger partial charge in [0, 0.05) is 26.8 Å². The molecule has 0 aromatic carbocycles. The third-order valence-corrected chi connectivity index (χ3v) is 1.80. The van der Waals surface area contributed by atoms with Gasteiger partial charge in [0.05, 0.1) is 6.61 Å². The van der Waals surface area contributed by atoms with Crippen molar-refractivity contribution in [1.29, 1.82) is 0 Å². The van der Waals surface area contributed by atoms with Crippen molar-refractivity contribution >= 4 is 5.82 Å². The lowest BCUT2D eigenvalue weighted by Gasteiger charge is -2.09. The molecule has 0 fully saturated rings. The number of rotatable bonds is 4. The summed E-state index contributed by atoms with van der Waals surface area (Å²) in [6, 6.07) is 5.12. The van der Waals surface area contributed by atoms with E-state index in [4.69, 9.17) is 4.74 Å². The predicted octanol–water partition coefficient (Wildman–Crippen LogP) is 0.444. The normalized spacial score (nSPS) is 10.0. The fourth-order valence-electron chi connectivity index (χ4n) is 1.02. The highest BCUT2D eigenvalue weighted by Gasteiger charge is 1.96. The number of methoxy groups -OCH3 is 1. The summed E-state index contributed by atoms with van der Waals surface area (Å²) in [5, 5.41) is 3.09. The fourth-order valence-corrected chi connectivity index (χ4v) is 1.02. The van der Waals surface area contributed by atoms with Gasteiger partial charge in [-0.1, -0.05) is 6.07 Å². The zero-order valence-corrected chi connectivity index (χ0v) is 7.91. The number of hydrogen-bond acceptors (Lipinski definition) is 3. The quantitative estimate of drug-likeness (QED) is 0.687. The van der Waals surface area contributed by atoms with E-state index >= 15 is 0 Å². The van der Waals surface area contributed by atoms with E-state index in [1.165, 1.54) is 6.07 Å². The summed E-state index contributed by atoms with van der Waals surface area (Å²) in [7, 11) is 3.38. The van der Waals surface area contributed by atoms with Gasteiger partial charge in [0.1, 0.15) is 5.82 Å². The Balaban J connectivity index is 2.66. The maximum Gasteiger partial charge on any atom is 0.251 e. The van der Waals surface area contributed by atoms with Crippen LogP contribution in [-0.4, -0.2) is 24.8 Å². The summed E-state index contributed by atoms with van der Waals surface area (Å²) >= 11 is 0. The Labute approximate surface area is 77.1 Å². The molecule has 0 bridgehead atoms. The highest BCUT2D eigenvalue weighted by atomic mass is 16.5. The van der Waals surface area contributed by atoms with Gasteiger partial charge >= 0.3 is 0 Å². The average Bonchev–Trinajstić information content (AvgIpc) is 2.13. The molecule has 0 aliphatic rings. The van der Waals surface area contributed by atoms with Gasteiger partial charge in [-0.3, -0.25) is 9.36 Å². The topological polar surface area (TPSA) is 43.3 Å². The molecule has 0 atom stereocenters. The van der Waals surface area contributed by atoms with Gasteiger partial charge in [0.25, 0.3) is 5.56 Å². The maximum atomic E-state index is 11.2. The van der Waals surface area contributed by atoms with E-state index in [0.717, 1.165) is 5.82 Å². The maximum absolute atomic E-state index is 11.2. The molecule has 0 aliphatic heterocycles. The minimum Gasteiger partial charge on any atom is -0.383 e. The standard InChI is InChI=1S/C9H14N2O2/c1-11-8(10-6-7-13-2)4-3-5-9(11)12/h3-5,10H,6-7H2,1-2H3. The zero-order valence-electron chi connectivity index (χ0n) is 7.91. The molecular formula is C9H14N2O2. The molecule has 4 nitrogen and oxygen atoms in total. The highest BCUT2D eigenvalue weighted by molar-refractivity contribution is 5.34. The number of hydrogen-bond donors (Lipinski definition) is 1. The van der Waals surface area contributed by atoms with E-state index in [2.05, 4.69) is 5.32 Å². The molecule has 0 saturated carbocycles. The van der Waals surface area contributed by atoms with Crippen molar-refractivity contribution in [2.24, 2.45) is 7.05 Å². The van der Waals surface area contributed by atoms with Crippen molar-refractivity contribution in [1.82, 2.24) is 4.57 Å². The number of aromatic nitrogens is 1. The fraction of sp³-hybridized carbons (Fsp3) is 0.444. The molecule has 1 aromatic heterocycles. The van der Waals surface area contributed by atoms with E-state index in [0.29, 0.717) is 13.2 Å². The van der Waals surface area contributed by atoms with Gasteiger partial charge in [-0.2, -0.15) is 0 Å². The molecule has 0 unspecified atom stereocenters. The second kappa shape index (κ2) is 4.67. The molecule has 0 radical (unpaired) electrons. The molecule has 0 spiro atoms. The van der Waals surface area contributed by atoms with Crippen LogP contribution in [0.1, 0.15) is 0 Å². The van der Waals surface area contributed by atoms with Gasteiger partial charge in [0.15, 0.2) is 0 Å². The predicted molar refractivity (Wildman–Crippen MR) is 52.0 cm³/mol. The average molecular weight is 182 g/mol. The second-order valence-electron chi connectivity index (χ2n) is 2.73. The van der Waals surface area contributed by atoms with Crippen molar-refractivity contribution in [2.75, 3.05) is 25.6 Å². The Bertz CT molecular complexity index is 320. The second-order valence-corrected chi connectivity index (χ2v) is 2.73. The van der Waals surface area contributed by atoms with Crippen LogP contribution in [0.25, 0.3) is 0 Å². The molecular weight excluding hydrogens is 168 g/mol. The van der Waals surface area contributed by atoms with Crippen LogP contribution < -0.4 is 10.9 Å². The molecule has 13 heavy (non-hydrogen) atoms. The van der Waals surface area contributed by atoms with Crippen LogP contribution >= 0.6 is 0 Å². The Morgan fingerprint density at radius 3 is 3.00 bits per heavy atom. The summed E-state index contributed by atoms with van der Waals surface area (Å²) in [5.74, 6) is 0.810. The van der Waals surface area contributed by atoms with E-state index in [1.54, 1.807) is 24.8 Å². The molecule has 4 heteroatoms. The van der Waals surface area contributed by atoms with E-state index in [-0.39, 0.29) is 5.56 Å². The first-order valence-electron chi connectivity index (χ1n) is 4.14. The molecule has 1 aromatic rings. The largest absolute Gasteiger partial charge is 0.383 e. The molecule has 0 amide bonds. The Morgan fingerprint density at radius 1 is 1.54 bits per heavy atom. The Kier molecular flexibility index (Phi) is 3.52. The number of pyridine rings is 1. The lowest BCUT2D eigenvalue weighted by molar-refractivity contribution is 0.210. The molecule has 0 saturated heterocycles. The van der Waals surface area contributed by atoms with Gasteiger partial charge in [-0.05, 0) is 6.07 Å². The van der Waals surface area contributed by atoms with Crippen molar-refractivity contribution in [2.45, 2.75) is 0 Å². The smallest absolute Gasteiger partial charge is 0.251 e. The van der Waals surface area contributed by atoms with Gasteiger partial charge in [-0.15, -0.1) is 0 Å². The van der Waals surface area contributed by atoms with Crippen molar-refractivity contribution in [3.63, 3.8) is 0 Å². The van der Waals surface area contributed by atoms with Crippen LogP contribution in [0.4, 0.5) is 5.82 Å². The van der Waals surface area contributed by atoms with Crippen LogP contribution in [0.2, 0.25) is 0 Å². The van der Waals surface area contributed by atoms with Gasteiger partial charge in [0.2, 0.25) is 0 Å². The lowest BCUT2D eigenvalue weighted by atomic mass is 10.4. The first-order chi connectivity index (χ1) is 6.25. The van der Waals surface area contributed by atoms with Crippen LogP contribution in [-0.2, 0) is 11.8 Å². The SMILES string of the molecule is COCCNc1cccc(=O)n1C.